The molecule has 3 N–H and O–H groups in total. The lowest BCUT2D eigenvalue weighted by atomic mass is 10.3. The Labute approximate surface area is 134 Å². The molecule has 0 aliphatic rings. The molecule has 0 aliphatic carbocycles. The van der Waals surface area contributed by atoms with Crippen molar-refractivity contribution in [3.05, 3.63) is 45.4 Å². The fourth-order valence-electron chi connectivity index (χ4n) is 1.61. The Bertz CT molecular complexity index is 814. The lowest BCUT2D eigenvalue weighted by molar-refractivity contribution is 0.572. The quantitative estimate of drug-likeness (QED) is 0.618. The third kappa shape index (κ3) is 3.28. The van der Waals surface area contributed by atoms with E-state index >= 15 is 0 Å². The van der Waals surface area contributed by atoms with Crippen LogP contribution < -0.4 is 10.5 Å². The van der Waals surface area contributed by atoms with Gasteiger partial charge in [0.2, 0.25) is 0 Å². The number of nitrogens with zero attached hydrogens (tertiary/aromatic N) is 1. The largest absolute Gasteiger partial charge is 0.395 e. The van der Waals surface area contributed by atoms with Gasteiger partial charge in [-0.05, 0) is 41.1 Å². The van der Waals surface area contributed by atoms with E-state index in [0.717, 1.165) is 6.07 Å². The van der Waals surface area contributed by atoms with Gasteiger partial charge in [-0.15, -0.1) is 0 Å². The van der Waals surface area contributed by atoms with Gasteiger partial charge in [0, 0.05) is 11.9 Å². The molecule has 0 unspecified atom stereocenters. The fraction of sp³-hybridized carbons (Fsp3) is 0.0833. The number of hydrogen-bond acceptors (Lipinski definition) is 4. The van der Waals surface area contributed by atoms with Crippen molar-refractivity contribution in [2.75, 3.05) is 10.5 Å². The normalized spacial score (nSPS) is 11.4. The first kappa shape index (κ1) is 16.0. The molecule has 0 saturated heterocycles. The highest BCUT2D eigenvalue weighted by Gasteiger charge is 2.24. The topological polar surface area (TPSA) is 85.1 Å². The average molecular weight is 395 g/mol. The molecule has 0 aliphatic heterocycles. The maximum atomic E-state index is 14.1. The van der Waals surface area contributed by atoms with Gasteiger partial charge in [0.15, 0.2) is 5.82 Å². The number of benzene rings is 1. The molecule has 0 amide bonds. The number of halogens is 3. The standard InChI is InChI=1S/C12H10BrClFN3O2S/c1-6-4-7(2-3-17-6)18-21(19,20)9-5-8(14)10(13)12(16)11(9)15/h2-5H,16H2,1H3,(H,17,18). The third-order valence-electron chi connectivity index (χ3n) is 2.60. The minimum absolute atomic E-state index is 0.000170. The van der Waals surface area contributed by atoms with Crippen LogP contribution >= 0.6 is 27.5 Å². The van der Waals surface area contributed by atoms with Gasteiger partial charge < -0.3 is 5.73 Å². The summed E-state index contributed by atoms with van der Waals surface area (Å²) in [5.74, 6) is -1.07. The van der Waals surface area contributed by atoms with Crippen molar-refractivity contribution in [3.8, 4) is 0 Å². The molecule has 0 radical (unpaired) electrons. The number of nitrogens with two attached hydrogens (primary N) is 1. The second kappa shape index (κ2) is 5.78. The van der Waals surface area contributed by atoms with Crippen LogP contribution in [0.5, 0.6) is 0 Å². The zero-order valence-corrected chi connectivity index (χ0v) is 13.9. The zero-order chi connectivity index (χ0) is 15.8. The fourth-order valence-corrected chi connectivity index (χ4v) is 3.34. The SMILES string of the molecule is Cc1cc(NS(=O)(=O)c2cc(Cl)c(Br)c(N)c2F)ccn1. The molecule has 1 aromatic heterocycles. The average Bonchev–Trinajstić information content (AvgIpc) is 2.40. The van der Waals surface area contributed by atoms with Crippen molar-refractivity contribution in [2.45, 2.75) is 11.8 Å². The summed E-state index contributed by atoms with van der Waals surface area (Å²) in [6.07, 6.45) is 1.44. The summed E-state index contributed by atoms with van der Waals surface area (Å²) in [6, 6.07) is 3.96. The molecule has 2 aromatic rings. The Hall–Kier alpha value is -1.38. The van der Waals surface area contributed by atoms with Gasteiger partial charge in [-0.25, -0.2) is 12.8 Å². The first-order valence-corrected chi connectivity index (χ1v) is 8.26. The van der Waals surface area contributed by atoms with E-state index in [4.69, 9.17) is 17.3 Å². The number of nitrogen functional groups attached to an aromatic ring is 1. The number of aryl methyl sites for hydroxylation is 1. The molecule has 5 nitrogen and oxygen atoms in total. The summed E-state index contributed by atoms with van der Waals surface area (Å²) in [4.78, 5) is 3.32. The molecule has 1 aromatic carbocycles. The smallest absolute Gasteiger partial charge is 0.264 e. The molecule has 1 heterocycles. The van der Waals surface area contributed by atoms with E-state index in [9.17, 15) is 12.8 Å². The maximum absolute atomic E-state index is 14.1. The van der Waals surface area contributed by atoms with Crippen LogP contribution in [0.15, 0.2) is 33.8 Å². The molecule has 2 rings (SSSR count). The van der Waals surface area contributed by atoms with Gasteiger partial charge in [0.05, 0.1) is 20.9 Å². The number of rotatable bonds is 3. The Morgan fingerprint density at radius 1 is 1.43 bits per heavy atom. The third-order valence-corrected chi connectivity index (χ3v) is 5.36. The van der Waals surface area contributed by atoms with Crippen LogP contribution in [0.1, 0.15) is 5.69 Å². The van der Waals surface area contributed by atoms with Crippen LogP contribution in [0, 0.1) is 12.7 Å². The predicted molar refractivity (Wildman–Crippen MR) is 83.3 cm³/mol. The van der Waals surface area contributed by atoms with Crippen LogP contribution in [0.2, 0.25) is 5.02 Å². The van der Waals surface area contributed by atoms with Crippen LogP contribution in [-0.2, 0) is 10.0 Å². The van der Waals surface area contributed by atoms with Crippen molar-refractivity contribution >= 4 is 48.9 Å². The van der Waals surface area contributed by atoms with Gasteiger partial charge in [-0.2, -0.15) is 0 Å². The van der Waals surface area contributed by atoms with Gasteiger partial charge in [-0.3, -0.25) is 9.71 Å². The van der Waals surface area contributed by atoms with E-state index in [1.807, 2.05) is 0 Å². The summed E-state index contributed by atoms with van der Waals surface area (Å²) in [5.41, 5.74) is 6.00. The number of sulfonamides is 1. The maximum Gasteiger partial charge on any atom is 0.264 e. The summed E-state index contributed by atoms with van der Waals surface area (Å²) < 4.78 is 40.9. The van der Waals surface area contributed by atoms with Crippen LogP contribution in [0.3, 0.4) is 0 Å². The lowest BCUT2D eigenvalue weighted by Gasteiger charge is -2.12. The summed E-state index contributed by atoms with van der Waals surface area (Å²) >= 11 is 8.82. The second-order valence-corrected chi connectivity index (χ2v) is 7.04. The van der Waals surface area contributed by atoms with E-state index < -0.39 is 20.7 Å². The van der Waals surface area contributed by atoms with Crippen LogP contribution in [0.4, 0.5) is 15.8 Å². The van der Waals surface area contributed by atoms with Crippen molar-refractivity contribution in [3.63, 3.8) is 0 Å². The number of pyridine rings is 1. The number of aromatic nitrogens is 1. The van der Waals surface area contributed by atoms with Gasteiger partial charge in [0.1, 0.15) is 4.90 Å². The Kier molecular flexibility index (Phi) is 4.40. The molecule has 0 fully saturated rings. The van der Waals surface area contributed by atoms with Crippen LogP contribution in [-0.4, -0.2) is 13.4 Å². The lowest BCUT2D eigenvalue weighted by Crippen LogP contribution is -2.16. The van der Waals surface area contributed by atoms with Crippen LogP contribution in [0.25, 0.3) is 0 Å². The van der Waals surface area contributed by atoms with Gasteiger partial charge >= 0.3 is 0 Å². The van der Waals surface area contributed by atoms with E-state index in [1.165, 1.54) is 18.3 Å². The Morgan fingerprint density at radius 2 is 2.10 bits per heavy atom. The second-order valence-electron chi connectivity index (χ2n) is 4.19. The molecular formula is C12H10BrClFN3O2S. The van der Waals surface area contributed by atoms with E-state index in [2.05, 4.69) is 25.6 Å². The van der Waals surface area contributed by atoms with Gasteiger partial charge in [0.25, 0.3) is 10.0 Å². The molecule has 0 spiro atoms. The number of hydrogen-bond donors (Lipinski definition) is 2. The molecule has 0 bridgehead atoms. The highest BCUT2D eigenvalue weighted by atomic mass is 79.9. The highest BCUT2D eigenvalue weighted by Crippen LogP contribution is 2.35. The monoisotopic (exact) mass is 393 g/mol. The summed E-state index contributed by atoms with van der Waals surface area (Å²) in [5, 5.41) is 0.000170. The predicted octanol–water partition coefficient (Wildman–Crippen LogP) is 3.33. The Balaban J connectivity index is 2.50. The summed E-state index contributed by atoms with van der Waals surface area (Å²) in [7, 11) is -4.16. The molecule has 21 heavy (non-hydrogen) atoms. The van der Waals surface area contributed by atoms with Crippen molar-refractivity contribution in [1.82, 2.24) is 4.98 Å². The molecule has 112 valence electrons. The van der Waals surface area contributed by atoms with E-state index in [1.54, 1.807) is 6.92 Å². The first-order chi connectivity index (χ1) is 9.72. The van der Waals surface area contributed by atoms with Crippen molar-refractivity contribution in [1.29, 1.82) is 0 Å². The number of anilines is 2. The van der Waals surface area contributed by atoms with Gasteiger partial charge in [-0.1, -0.05) is 11.6 Å². The number of nitrogens with one attached hydrogen (secondary N) is 1. The summed E-state index contributed by atoms with van der Waals surface area (Å²) in [6.45, 7) is 1.70. The minimum Gasteiger partial charge on any atom is -0.395 e. The molecule has 0 atom stereocenters. The molecular weight excluding hydrogens is 385 g/mol. The zero-order valence-electron chi connectivity index (χ0n) is 10.7. The van der Waals surface area contributed by atoms with E-state index in [-0.39, 0.29) is 20.9 Å². The molecule has 9 heteroatoms. The highest BCUT2D eigenvalue weighted by molar-refractivity contribution is 9.10. The first-order valence-electron chi connectivity index (χ1n) is 5.61. The van der Waals surface area contributed by atoms with Crippen molar-refractivity contribution < 1.29 is 12.8 Å². The molecule has 0 saturated carbocycles. The minimum atomic E-state index is -4.16. The van der Waals surface area contributed by atoms with E-state index in [0.29, 0.717) is 5.69 Å². The Morgan fingerprint density at radius 3 is 2.71 bits per heavy atom. The van der Waals surface area contributed by atoms with Crippen molar-refractivity contribution in [2.24, 2.45) is 0 Å².